The number of pyridine rings is 2. The number of unbranched alkanes of at least 4 members (excludes halogenated alkanes) is 3. The number of aromatic nitrogens is 7. The molecule has 2 aromatic carbocycles. The van der Waals surface area contributed by atoms with E-state index in [1.54, 1.807) is 55.2 Å². The van der Waals surface area contributed by atoms with E-state index in [9.17, 15) is 29.1 Å². The Morgan fingerprint density at radius 1 is 1.00 bits per heavy atom. The summed E-state index contributed by atoms with van der Waals surface area (Å²) in [6.45, 7) is 8.24. The van der Waals surface area contributed by atoms with Gasteiger partial charge < -0.3 is 40.2 Å². The quantitative estimate of drug-likeness (QED) is 0.0314. The zero-order valence-corrected chi connectivity index (χ0v) is 42.1. The Hall–Kier alpha value is -7.03. The lowest BCUT2D eigenvalue weighted by atomic mass is 9.86. The van der Waals surface area contributed by atoms with E-state index < -0.39 is 46.8 Å². The normalized spacial score (nSPS) is 15.7. The number of nitrogens with zero attached hydrogens (tertiary/aromatic N) is 7. The Bertz CT molecular complexity index is 3150. The van der Waals surface area contributed by atoms with Crippen LogP contribution in [0.15, 0.2) is 65.8 Å². The number of hydrogen-bond donors (Lipinski definition) is 5. The molecule has 0 aliphatic carbocycles. The molecule has 6 heterocycles. The Morgan fingerprint density at radius 3 is 2.49 bits per heavy atom. The van der Waals surface area contributed by atoms with Crippen LogP contribution in [-0.2, 0) is 49.2 Å². The molecule has 0 fully saturated rings. The number of H-pyrrole nitrogens is 1. The van der Waals surface area contributed by atoms with E-state index >= 15 is 4.39 Å². The van der Waals surface area contributed by atoms with Crippen molar-refractivity contribution in [2.24, 2.45) is 5.92 Å². The second-order valence-corrected chi connectivity index (χ2v) is 19.6. The number of aromatic amines is 1. The number of anilines is 1. The summed E-state index contributed by atoms with van der Waals surface area (Å²) in [5, 5.41) is 29.3. The van der Waals surface area contributed by atoms with Gasteiger partial charge in [0.05, 0.1) is 35.2 Å². The lowest BCUT2D eigenvalue weighted by Crippen LogP contribution is -2.54. The van der Waals surface area contributed by atoms with Crippen molar-refractivity contribution >= 4 is 52.5 Å². The van der Waals surface area contributed by atoms with Crippen molar-refractivity contribution in [2.75, 3.05) is 26.0 Å². The first kappa shape index (κ1) is 51.3. The number of halogens is 1. The number of rotatable bonds is 20. The summed E-state index contributed by atoms with van der Waals surface area (Å²) in [4.78, 5) is 82.0. The molecule has 3 atom stereocenters. The highest BCUT2D eigenvalue weighted by Crippen LogP contribution is 2.44. The number of amides is 3. The predicted octanol–water partition coefficient (Wildman–Crippen LogP) is 6.46. The first-order chi connectivity index (χ1) is 34.4. The van der Waals surface area contributed by atoms with E-state index in [0.717, 1.165) is 31.4 Å². The van der Waals surface area contributed by atoms with Gasteiger partial charge in [0.15, 0.2) is 10.4 Å². The maximum Gasteiger partial charge on any atom is 0.343 e. The topological polar surface area (TPSA) is 231 Å². The number of esters is 1. The summed E-state index contributed by atoms with van der Waals surface area (Å²) in [5.74, 6) is -2.69. The van der Waals surface area contributed by atoms with Crippen molar-refractivity contribution < 1.29 is 33.4 Å². The minimum atomic E-state index is -2.01. The van der Waals surface area contributed by atoms with Crippen LogP contribution in [0.2, 0.25) is 0 Å². The zero-order valence-electron chi connectivity index (χ0n) is 41.3. The molecule has 3 amide bonds. The SMILES string of the molecule is CC[C@@]1(O)C(=O)OCc2c1cc1n(c2=O)Cc2c-1nc1cc(F)c(C)cc1c2-c1ccc(NC(=O)[C@H](CCCCN(C)C)NC(=O)[C@@H](NC(=O)CCCCCn2cc(-c3cnc(=S)[nH]c3)nn2)C(C)C)cc1. The highest BCUT2D eigenvalue weighted by Gasteiger charge is 2.45. The van der Waals surface area contributed by atoms with Crippen molar-refractivity contribution in [1.82, 2.24) is 50.0 Å². The summed E-state index contributed by atoms with van der Waals surface area (Å²) in [6, 6.07) is 10.0. The fraction of sp³-hybridized carbons (Fsp3) is 0.423. The van der Waals surface area contributed by atoms with Gasteiger partial charge in [0.25, 0.3) is 5.56 Å². The van der Waals surface area contributed by atoms with E-state index in [1.165, 1.54) is 10.6 Å². The number of hydrogen-bond acceptors (Lipinski definition) is 13. The van der Waals surface area contributed by atoms with E-state index in [2.05, 4.69) is 41.1 Å². The number of benzene rings is 2. The maximum atomic E-state index is 15.2. The van der Waals surface area contributed by atoms with Gasteiger partial charge in [-0.25, -0.2) is 19.2 Å². The van der Waals surface area contributed by atoms with Gasteiger partial charge in [0.1, 0.15) is 30.2 Å². The van der Waals surface area contributed by atoms with Gasteiger partial charge >= 0.3 is 5.97 Å². The van der Waals surface area contributed by atoms with Gasteiger partial charge in [0, 0.05) is 59.2 Å². The van der Waals surface area contributed by atoms with Gasteiger partial charge in [0.2, 0.25) is 17.7 Å². The Labute approximate surface area is 420 Å². The van der Waals surface area contributed by atoms with Crippen LogP contribution >= 0.6 is 12.2 Å². The number of carbonyl (C=O) groups excluding carboxylic acids is 4. The molecule has 6 aromatic rings. The second-order valence-electron chi connectivity index (χ2n) is 19.2. The molecule has 20 heteroatoms. The van der Waals surface area contributed by atoms with E-state index in [-0.39, 0.29) is 48.9 Å². The third-order valence-electron chi connectivity index (χ3n) is 13.5. The smallest absolute Gasteiger partial charge is 0.343 e. The minimum Gasteiger partial charge on any atom is -0.458 e. The number of cyclic esters (lactones) is 1. The number of ether oxygens (including phenoxy) is 1. The molecule has 2 aliphatic heterocycles. The van der Waals surface area contributed by atoms with Crippen molar-refractivity contribution in [1.29, 1.82) is 0 Å². The monoisotopic (exact) mass is 1000 g/mol. The fourth-order valence-corrected chi connectivity index (χ4v) is 9.45. The number of aliphatic hydroxyl groups is 1. The minimum absolute atomic E-state index is 0.0131. The second kappa shape index (κ2) is 21.8. The zero-order chi connectivity index (χ0) is 51.4. The number of aryl methyl sites for hydroxylation is 2. The Morgan fingerprint density at radius 2 is 1.78 bits per heavy atom. The molecule has 0 saturated carbocycles. The summed E-state index contributed by atoms with van der Waals surface area (Å²) < 4.78 is 24.1. The van der Waals surface area contributed by atoms with Crippen LogP contribution in [0.1, 0.15) is 94.4 Å². The fourth-order valence-electron chi connectivity index (χ4n) is 9.33. The van der Waals surface area contributed by atoms with Crippen LogP contribution in [0.4, 0.5) is 10.1 Å². The molecule has 2 aliphatic rings. The van der Waals surface area contributed by atoms with E-state index in [4.69, 9.17) is 21.9 Å². The standard InChI is InChI=1S/C52H60FN11O7S/c1-7-52(70)37-22-42-46-35(26-64(42)49(68)36(37)28-71-50(52)69)44(34-21-30(4)38(53)23-40(34)57-46)31-15-17-33(18-16-31)56-47(66)39(13-10-12-19-62(5)6)58-48(67)45(29(2)3)59-43(65)14-9-8-11-20-63-27-41(60-61-63)32-24-54-51(72)55-25-32/h15-18,21-25,27,29,39,45,70H,7-14,19-20,26,28H2,1-6H3,(H,56,66)(H,58,67)(H,59,65)(H,54,55,72)/t39-,45-,52-/m0/s1. The van der Waals surface area contributed by atoms with Crippen molar-refractivity contribution in [2.45, 2.75) is 116 Å². The number of fused-ring (bicyclic) bond motifs is 5. The first-order valence-electron chi connectivity index (χ1n) is 24.4. The van der Waals surface area contributed by atoms with Crippen molar-refractivity contribution in [3.8, 4) is 33.8 Å². The van der Waals surface area contributed by atoms with Crippen LogP contribution in [0.3, 0.4) is 0 Å². The first-order valence-corrected chi connectivity index (χ1v) is 24.8. The van der Waals surface area contributed by atoms with Gasteiger partial charge in [-0.15, -0.1) is 5.10 Å². The van der Waals surface area contributed by atoms with Crippen LogP contribution < -0.4 is 21.5 Å². The molecule has 8 rings (SSSR count). The van der Waals surface area contributed by atoms with Gasteiger partial charge in [-0.05, 0) is 125 Å². The van der Waals surface area contributed by atoms with Gasteiger partial charge in [-0.3, -0.25) is 23.9 Å². The van der Waals surface area contributed by atoms with Crippen LogP contribution in [0, 0.1) is 23.4 Å². The molecule has 5 N–H and O–H groups in total. The van der Waals surface area contributed by atoms with Crippen LogP contribution in [0.5, 0.6) is 0 Å². The molecule has 0 unspecified atom stereocenters. The van der Waals surface area contributed by atoms with Crippen molar-refractivity contribution in [3.05, 3.63) is 104 Å². The molecule has 4 aromatic heterocycles. The Kier molecular flexibility index (Phi) is 15.5. The molecule has 72 heavy (non-hydrogen) atoms. The van der Waals surface area contributed by atoms with Crippen LogP contribution in [-0.4, -0.2) is 101 Å². The molecular formula is C52H60FN11O7S. The van der Waals surface area contributed by atoms with Gasteiger partial charge in [-0.2, -0.15) is 0 Å². The molecular weight excluding hydrogens is 942 g/mol. The number of carbonyl (C=O) groups is 4. The lowest BCUT2D eigenvalue weighted by Gasteiger charge is -2.31. The number of nitrogens with one attached hydrogen (secondary N) is 4. The highest BCUT2D eigenvalue weighted by molar-refractivity contribution is 7.71. The molecule has 0 spiro atoms. The highest BCUT2D eigenvalue weighted by atomic mass is 32.1. The summed E-state index contributed by atoms with van der Waals surface area (Å²) in [6.07, 6.45) is 9.33. The maximum absolute atomic E-state index is 15.2. The molecule has 0 saturated heterocycles. The van der Waals surface area contributed by atoms with E-state index in [0.29, 0.717) is 86.5 Å². The average Bonchev–Trinajstić information content (AvgIpc) is 3.98. The summed E-state index contributed by atoms with van der Waals surface area (Å²) in [5.41, 5.74) is 3.48. The molecule has 0 radical (unpaired) electrons. The van der Waals surface area contributed by atoms with Gasteiger partial charge in [-0.1, -0.05) is 44.5 Å². The Balaban J connectivity index is 0.954. The van der Waals surface area contributed by atoms with Crippen molar-refractivity contribution in [3.63, 3.8) is 0 Å². The molecule has 378 valence electrons. The third-order valence-corrected chi connectivity index (χ3v) is 13.7. The molecule has 18 nitrogen and oxygen atoms in total. The summed E-state index contributed by atoms with van der Waals surface area (Å²) in [7, 11) is 3.94. The summed E-state index contributed by atoms with van der Waals surface area (Å²) >= 11 is 5.01. The van der Waals surface area contributed by atoms with Crippen LogP contribution in [0.25, 0.3) is 44.7 Å². The lowest BCUT2D eigenvalue weighted by molar-refractivity contribution is -0.172. The predicted molar refractivity (Wildman–Crippen MR) is 271 cm³/mol. The molecule has 0 bridgehead atoms. The largest absolute Gasteiger partial charge is 0.458 e. The third kappa shape index (κ3) is 10.9. The average molecular weight is 1000 g/mol. The van der Waals surface area contributed by atoms with E-state index in [1.807, 2.05) is 46.3 Å².